The number of nitrogens with zero attached hydrogens (tertiary/aromatic N) is 1. The van der Waals surface area contributed by atoms with Crippen LogP contribution >= 0.6 is 0 Å². The Kier molecular flexibility index (Phi) is 5.53. The van der Waals surface area contributed by atoms with Crippen LogP contribution in [0, 0.1) is 0 Å². The second-order valence-corrected chi connectivity index (χ2v) is 3.60. The summed E-state index contributed by atoms with van der Waals surface area (Å²) < 4.78 is 24.9. The highest BCUT2D eigenvalue weighted by Gasteiger charge is 2.20. The molecule has 0 bridgehead atoms. The predicted octanol–water partition coefficient (Wildman–Crippen LogP) is 2.11. The van der Waals surface area contributed by atoms with Crippen molar-refractivity contribution in [3.8, 4) is 0 Å². The number of alkyl halides is 2. The maximum atomic E-state index is 12.4. The highest BCUT2D eigenvalue weighted by molar-refractivity contribution is 5.87. The van der Waals surface area contributed by atoms with E-state index in [-0.39, 0.29) is 12.2 Å². The van der Waals surface area contributed by atoms with Gasteiger partial charge in [-0.25, -0.2) is 8.78 Å². The van der Waals surface area contributed by atoms with Crippen molar-refractivity contribution in [3.05, 3.63) is 12.2 Å². The molecule has 0 aliphatic heterocycles. The molecule has 0 aliphatic rings. The van der Waals surface area contributed by atoms with E-state index in [9.17, 15) is 13.6 Å². The van der Waals surface area contributed by atoms with E-state index in [1.165, 1.54) is 13.0 Å². The number of hydrogen-bond acceptors (Lipinski definition) is 2. The van der Waals surface area contributed by atoms with Crippen molar-refractivity contribution in [2.24, 2.45) is 0 Å². The fourth-order valence-corrected chi connectivity index (χ4v) is 0.877. The minimum atomic E-state index is -2.61. The van der Waals surface area contributed by atoms with E-state index in [0.717, 1.165) is 6.92 Å². The van der Waals surface area contributed by atoms with Gasteiger partial charge in [0.25, 0.3) is 0 Å². The molecule has 0 saturated heterocycles. The Morgan fingerprint density at radius 2 is 2.07 bits per heavy atom. The molecule has 0 N–H and O–H groups in total. The van der Waals surface area contributed by atoms with Crippen LogP contribution in [0.4, 0.5) is 8.78 Å². The molecule has 4 heteroatoms. The van der Waals surface area contributed by atoms with Crippen molar-refractivity contribution < 1.29 is 13.6 Å². The van der Waals surface area contributed by atoms with Gasteiger partial charge in [-0.2, -0.15) is 0 Å². The smallest absolute Gasteiger partial charge is 0.246 e. The second kappa shape index (κ2) is 5.86. The first-order valence-electron chi connectivity index (χ1n) is 4.55. The van der Waals surface area contributed by atoms with E-state index >= 15 is 0 Å². The summed E-state index contributed by atoms with van der Waals surface area (Å²) in [5.41, 5.74) is 0. The third-order valence-electron chi connectivity index (χ3n) is 1.70. The fourth-order valence-electron chi connectivity index (χ4n) is 0.877. The van der Waals surface area contributed by atoms with Gasteiger partial charge in [-0.1, -0.05) is 6.08 Å². The molecule has 0 aliphatic carbocycles. The van der Waals surface area contributed by atoms with Crippen molar-refractivity contribution >= 4 is 5.78 Å². The van der Waals surface area contributed by atoms with Gasteiger partial charge < -0.3 is 4.90 Å². The van der Waals surface area contributed by atoms with Crippen LogP contribution in [-0.4, -0.2) is 36.7 Å². The maximum Gasteiger partial charge on any atom is 0.246 e. The van der Waals surface area contributed by atoms with Gasteiger partial charge in [0, 0.05) is 19.5 Å². The van der Waals surface area contributed by atoms with Crippen molar-refractivity contribution in [2.45, 2.75) is 26.2 Å². The summed E-state index contributed by atoms with van der Waals surface area (Å²) in [6.45, 7) is 3.21. The molecule has 0 heterocycles. The monoisotopic (exact) mass is 205 g/mol. The average molecular weight is 205 g/mol. The van der Waals surface area contributed by atoms with E-state index in [1.807, 2.05) is 0 Å². The first-order chi connectivity index (χ1) is 6.31. The largest absolute Gasteiger partial charge is 0.302 e. The van der Waals surface area contributed by atoms with E-state index in [0.29, 0.717) is 13.1 Å². The first-order valence-corrected chi connectivity index (χ1v) is 4.55. The topological polar surface area (TPSA) is 20.3 Å². The molecule has 0 spiro atoms. The van der Waals surface area contributed by atoms with Crippen LogP contribution in [0.2, 0.25) is 0 Å². The summed E-state index contributed by atoms with van der Waals surface area (Å²) in [6.07, 6.45) is 2.97. The van der Waals surface area contributed by atoms with Gasteiger partial charge in [0.1, 0.15) is 0 Å². The summed E-state index contributed by atoms with van der Waals surface area (Å²) in [5.74, 6) is -2.64. The first kappa shape index (κ1) is 13.2. The zero-order valence-electron chi connectivity index (χ0n) is 8.89. The second-order valence-electron chi connectivity index (χ2n) is 3.60. The Balaban J connectivity index is 3.66. The molecule has 0 unspecified atom stereocenters. The zero-order chi connectivity index (χ0) is 11.2. The molecular weight excluding hydrogens is 188 g/mol. The summed E-state index contributed by atoms with van der Waals surface area (Å²) in [5, 5.41) is 0. The molecule has 0 radical (unpaired) electrons. The van der Waals surface area contributed by atoms with Crippen molar-refractivity contribution in [2.75, 3.05) is 20.1 Å². The van der Waals surface area contributed by atoms with Gasteiger partial charge in [0.15, 0.2) is 5.78 Å². The molecule has 0 saturated carbocycles. The number of rotatable bonds is 6. The van der Waals surface area contributed by atoms with Gasteiger partial charge in [-0.05, 0) is 27.0 Å². The third kappa shape index (κ3) is 9.32. The molecule has 0 aromatic carbocycles. The Morgan fingerprint density at radius 3 is 2.50 bits per heavy atom. The van der Waals surface area contributed by atoms with Gasteiger partial charge in [0.2, 0.25) is 5.92 Å². The Morgan fingerprint density at radius 1 is 1.50 bits per heavy atom. The van der Waals surface area contributed by atoms with Gasteiger partial charge in [-0.3, -0.25) is 4.79 Å². The van der Waals surface area contributed by atoms with E-state index in [2.05, 4.69) is 0 Å². The van der Waals surface area contributed by atoms with E-state index in [1.54, 1.807) is 18.0 Å². The standard InChI is InChI=1S/C10H17F2NO/c1-9(14)5-4-7-13(3)8-6-10(2,11)12/h4-5H,6-8H2,1-3H3/b5-4+. The third-order valence-corrected chi connectivity index (χ3v) is 1.70. The van der Waals surface area contributed by atoms with Gasteiger partial charge in [0.05, 0.1) is 0 Å². The van der Waals surface area contributed by atoms with Crippen LogP contribution in [-0.2, 0) is 4.79 Å². The van der Waals surface area contributed by atoms with E-state index in [4.69, 9.17) is 0 Å². The Hall–Kier alpha value is -0.770. The number of allylic oxidation sites excluding steroid dienone is 1. The summed E-state index contributed by atoms with van der Waals surface area (Å²) in [6, 6.07) is 0. The van der Waals surface area contributed by atoms with Crippen LogP contribution in [0.3, 0.4) is 0 Å². The molecule has 0 aromatic heterocycles. The molecule has 2 nitrogen and oxygen atoms in total. The summed E-state index contributed by atoms with van der Waals surface area (Å²) >= 11 is 0. The lowest BCUT2D eigenvalue weighted by Crippen LogP contribution is -2.25. The lowest BCUT2D eigenvalue weighted by Gasteiger charge is -2.17. The molecule has 0 fully saturated rings. The molecule has 14 heavy (non-hydrogen) atoms. The number of halogens is 2. The number of likely N-dealkylation sites (N-methyl/N-ethyl adjacent to an activating group) is 1. The Bertz CT molecular complexity index is 209. The quantitative estimate of drug-likeness (QED) is 0.619. The average Bonchev–Trinajstić information content (AvgIpc) is 1.99. The number of hydrogen-bond donors (Lipinski definition) is 0. The SMILES string of the molecule is CC(=O)/C=C/CN(C)CCC(C)(F)F. The normalized spacial score (nSPS) is 12.7. The van der Waals surface area contributed by atoms with Crippen LogP contribution in [0.15, 0.2) is 12.2 Å². The highest BCUT2D eigenvalue weighted by Crippen LogP contribution is 2.16. The van der Waals surface area contributed by atoms with Crippen LogP contribution < -0.4 is 0 Å². The molecule has 0 atom stereocenters. The highest BCUT2D eigenvalue weighted by atomic mass is 19.3. The van der Waals surface area contributed by atoms with Crippen molar-refractivity contribution in [1.29, 1.82) is 0 Å². The summed E-state index contributed by atoms with van der Waals surface area (Å²) in [7, 11) is 1.75. The molecular formula is C10H17F2NO. The molecule has 82 valence electrons. The minimum absolute atomic E-state index is 0.0285. The molecule has 0 amide bonds. The van der Waals surface area contributed by atoms with Crippen LogP contribution in [0.5, 0.6) is 0 Å². The van der Waals surface area contributed by atoms with Gasteiger partial charge >= 0.3 is 0 Å². The van der Waals surface area contributed by atoms with Crippen LogP contribution in [0.25, 0.3) is 0 Å². The minimum Gasteiger partial charge on any atom is -0.302 e. The van der Waals surface area contributed by atoms with Gasteiger partial charge in [-0.15, -0.1) is 0 Å². The number of carbonyl (C=O) groups is 1. The molecule has 0 rings (SSSR count). The van der Waals surface area contributed by atoms with Crippen LogP contribution in [0.1, 0.15) is 20.3 Å². The van der Waals surface area contributed by atoms with Crippen molar-refractivity contribution in [3.63, 3.8) is 0 Å². The van der Waals surface area contributed by atoms with Crippen molar-refractivity contribution in [1.82, 2.24) is 4.90 Å². The predicted molar refractivity (Wildman–Crippen MR) is 52.6 cm³/mol. The Labute approximate surface area is 83.6 Å². The zero-order valence-corrected chi connectivity index (χ0v) is 8.89. The lowest BCUT2D eigenvalue weighted by molar-refractivity contribution is -0.112. The summed E-state index contributed by atoms with van der Waals surface area (Å²) in [4.78, 5) is 12.3. The lowest BCUT2D eigenvalue weighted by atomic mass is 10.2. The number of carbonyl (C=O) groups excluding carboxylic acids is 1. The fraction of sp³-hybridized carbons (Fsp3) is 0.700. The number of ketones is 1. The van der Waals surface area contributed by atoms with E-state index < -0.39 is 5.92 Å². The molecule has 0 aromatic rings. The maximum absolute atomic E-state index is 12.4.